The van der Waals surface area contributed by atoms with Gasteiger partial charge in [0.05, 0.1) is 6.61 Å². The fourth-order valence-electron chi connectivity index (χ4n) is 7.90. The van der Waals surface area contributed by atoms with E-state index in [1.54, 1.807) is 5.56 Å². The monoisotopic (exact) mass is 422 g/mol. The van der Waals surface area contributed by atoms with Crippen LogP contribution in [0.2, 0.25) is 0 Å². The normalized spacial score (nSPS) is 40.9. The maximum atomic E-state index is 12.4. The van der Waals surface area contributed by atoms with E-state index in [4.69, 9.17) is 4.74 Å². The lowest BCUT2D eigenvalue weighted by atomic mass is 9.55. The van der Waals surface area contributed by atoms with Crippen molar-refractivity contribution in [1.29, 1.82) is 0 Å². The number of likely N-dealkylation sites (tertiary alicyclic amines) is 1. The number of nitrogens with one attached hydrogen (secondary N) is 1. The second kappa shape index (κ2) is 7.50. The van der Waals surface area contributed by atoms with Crippen LogP contribution >= 0.6 is 0 Å². The van der Waals surface area contributed by atoms with E-state index in [1.165, 1.54) is 37.8 Å². The van der Waals surface area contributed by atoms with Gasteiger partial charge in [-0.05, 0) is 119 Å². The van der Waals surface area contributed by atoms with Gasteiger partial charge in [-0.25, -0.2) is 0 Å². The molecule has 2 saturated heterocycles. The van der Waals surface area contributed by atoms with Crippen molar-refractivity contribution in [3.05, 3.63) is 29.3 Å². The van der Waals surface area contributed by atoms with Crippen LogP contribution in [-0.2, 0) is 11.2 Å². The van der Waals surface area contributed by atoms with Crippen molar-refractivity contribution in [3.63, 3.8) is 0 Å². The number of carbonyl (C=O) groups is 1. The first-order valence-corrected chi connectivity index (χ1v) is 12.9. The molecule has 6 rings (SSSR count). The first-order valence-electron chi connectivity index (χ1n) is 12.9. The number of rotatable bonds is 5. The van der Waals surface area contributed by atoms with Crippen LogP contribution in [0.5, 0.6) is 5.75 Å². The van der Waals surface area contributed by atoms with Gasteiger partial charge in [0.15, 0.2) is 0 Å². The molecule has 0 radical (unpaired) electrons. The van der Waals surface area contributed by atoms with Gasteiger partial charge in [-0.3, -0.25) is 4.79 Å². The topological polar surface area (TPSA) is 41.6 Å². The number of aryl methyl sites for hydroxylation is 1. The van der Waals surface area contributed by atoms with Crippen LogP contribution in [0.4, 0.5) is 0 Å². The fourth-order valence-corrected chi connectivity index (χ4v) is 7.90. The molecule has 1 aromatic rings. The quantitative estimate of drug-likeness (QED) is 0.710. The van der Waals surface area contributed by atoms with E-state index in [1.807, 2.05) is 0 Å². The summed E-state index contributed by atoms with van der Waals surface area (Å²) in [6.45, 7) is 7.92. The van der Waals surface area contributed by atoms with Gasteiger partial charge >= 0.3 is 0 Å². The Bertz CT molecular complexity index is 869. The molecule has 4 heteroatoms. The molecule has 1 N–H and O–H groups in total. The molecule has 4 nitrogen and oxygen atoms in total. The highest BCUT2D eigenvalue weighted by atomic mass is 16.5. The zero-order valence-electron chi connectivity index (χ0n) is 19.2. The van der Waals surface area contributed by atoms with Gasteiger partial charge in [-0.2, -0.15) is 0 Å². The van der Waals surface area contributed by atoms with Crippen LogP contribution in [0.25, 0.3) is 0 Å². The van der Waals surface area contributed by atoms with Gasteiger partial charge in [-0.15, -0.1) is 0 Å². The van der Waals surface area contributed by atoms with Gasteiger partial charge < -0.3 is 15.0 Å². The van der Waals surface area contributed by atoms with Gasteiger partial charge in [0.1, 0.15) is 5.75 Å². The Morgan fingerprint density at radius 2 is 2.10 bits per heavy atom. The van der Waals surface area contributed by atoms with Crippen molar-refractivity contribution >= 4 is 5.91 Å². The van der Waals surface area contributed by atoms with E-state index < -0.39 is 0 Å². The standard InChI is InChI=1S/C27H38N2O2/c1-17-5-3-12-29(17)13-4-14-31-19-7-9-20-18(15-19)6-8-22-21(20)10-11-27(2)25(22)23-16-24(23)26(30)28-27/h7,9,15,17,21-25H,3-6,8,10-14,16H2,1-2H3,(H,28,30)/t17-,21-,22-,23-,24+,25+,27+/m1/s1. The van der Waals surface area contributed by atoms with Crippen LogP contribution in [0.3, 0.4) is 0 Å². The molecule has 7 atom stereocenters. The lowest BCUT2D eigenvalue weighted by Crippen LogP contribution is -2.61. The van der Waals surface area contributed by atoms with Crippen molar-refractivity contribution in [1.82, 2.24) is 10.2 Å². The highest BCUT2D eigenvalue weighted by Crippen LogP contribution is 2.62. The third kappa shape index (κ3) is 3.41. The number of carbonyl (C=O) groups excluding carboxylic acids is 1. The van der Waals surface area contributed by atoms with Crippen molar-refractivity contribution < 1.29 is 9.53 Å². The second-order valence-electron chi connectivity index (χ2n) is 11.4. The van der Waals surface area contributed by atoms with E-state index in [0.29, 0.717) is 29.6 Å². The molecular formula is C27H38N2O2. The van der Waals surface area contributed by atoms with E-state index in [2.05, 4.69) is 42.3 Å². The SMILES string of the molecule is C[C@@H]1CCCN1CCCOc1ccc2c(c1)CC[C@H]1[C@H]3[C@@H]4C[C@@H]4C(=O)N[C@@]3(C)CC[C@H]21. The summed E-state index contributed by atoms with van der Waals surface area (Å²) in [5, 5.41) is 3.44. The van der Waals surface area contributed by atoms with Gasteiger partial charge in [0, 0.05) is 24.0 Å². The predicted molar refractivity (Wildman–Crippen MR) is 122 cm³/mol. The molecule has 0 bridgehead atoms. The summed E-state index contributed by atoms with van der Waals surface area (Å²) in [5.74, 6) is 4.43. The lowest BCUT2D eigenvalue weighted by molar-refractivity contribution is -0.130. The van der Waals surface area contributed by atoms with E-state index >= 15 is 0 Å². The molecule has 0 spiro atoms. The summed E-state index contributed by atoms with van der Waals surface area (Å²) in [7, 11) is 0. The summed E-state index contributed by atoms with van der Waals surface area (Å²) in [4.78, 5) is 15.0. The minimum Gasteiger partial charge on any atom is -0.494 e. The minimum atomic E-state index is 0.0311. The van der Waals surface area contributed by atoms with Crippen LogP contribution in [0.1, 0.15) is 75.8 Å². The fraction of sp³-hybridized carbons (Fsp3) is 0.741. The van der Waals surface area contributed by atoms with E-state index in [-0.39, 0.29) is 5.54 Å². The molecule has 5 aliphatic rings. The first-order chi connectivity index (χ1) is 15.0. The Morgan fingerprint density at radius 3 is 2.94 bits per heavy atom. The number of hydrogen-bond acceptors (Lipinski definition) is 3. The summed E-state index contributed by atoms with van der Waals surface area (Å²) in [5.41, 5.74) is 3.12. The number of fused-ring (bicyclic) bond motifs is 7. The van der Waals surface area contributed by atoms with Gasteiger partial charge in [0.2, 0.25) is 5.91 Å². The predicted octanol–water partition coefficient (Wildman–Crippen LogP) is 4.52. The Hall–Kier alpha value is -1.55. The summed E-state index contributed by atoms with van der Waals surface area (Å²) in [6, 6.07) is 7.67. The van der Waals surface area contributed by atoms with Crippen LogP contribution in [0.15, 0.2) is 18.2 Å². The van der Waals surface area contributed by atoms with Crippen molar-refractivity contribution in [2.24, 2.45) is 23.7 Å². The number of piperidine rings is 1. The average Bonchev–Trinajstić information content (AvgIpc) is 3.45. The number of amides is 1. The maximum Gasteiger partial charge on any atom is 0.223 e. The van der Waals surface area contributed by atoms with Gasteiger partial charge in [0.25, 0.3) is 0 Å². The van der Waals surface area contributed by atoms with Crippen molar-refractivity contribution in [2.75, 3.05) is 19.7 Å². The van der Waals surface area contributed by atoms with Crippen molar-refractivity contribution in [3.8, 4) is 5.75 Å². The zero-order chi connectivity index (χ0) is 21.2. The molecule has 3 aliphatic carbocycles. The molecule has 1 aromatic carbocycles. The molecule has 0 aromatic heterocycles. The van der Waals surface area contributed by atoms with Crippen LogP contribution < -0.4 is 10.1 Å². The average molecular weight is 423 g/mol. The molecule has 31 heavy (non-hydrogen) atoms. The number of ether oxygens (including phenoxy) is 1. The largest absolute Gasteiger partial charge is 0.494 e. The van der Waals surface area contributed by atoms with Gasteiger partial charge in [-0.1, -0.05) is 6.07 Å². The van der Waals surface area contributed by atoms with Crippen LogP contribution in [-0.4, -0.2) is 42.1 Å². The zero-order valence-corrected chi connectivity index (χ0v) is 19.2. The summed E-state index contributed by atoms with van der Waals surface area (Å²) in [6.07, 6.45) is 9.71. The third-order valence-corrected chi connectivity index (χ3v) is 9.54. The second-order valence-corrected chi connectivity index (χ2v) is 11.4. The first kappa shape index (κ1) is 20.1. The van der Waals surface area contributed by atoms with Crippen LogP contribution in [0, 0.1) is 23.7 Å². The number of benzene rings is 1. The Balaban J connectivity index is 1.11. The highest BCUT2D eigenvalue weighted by Gasteiger charge is 2.63. The number of hydrogen-bond donors (Lipinski definition) is 1. The molecule has 168 valence electrons. The minimum absolute atomic E-state index is 0.0311. The molecule has 4 fully saturated rings. The molecule has 0 unspecified atom stereocenters. The van der Waals surface area contributed by atoms with E-state index in [0.717, 1.165) is 56.5 Å². The molecule has 2 saturated carbocycles. The smallest absolute Gasteiger partial charge is 0.223 e. The number of nitrogens with zero attached hydrogens (tertiary/aromatic N) is 1. The Labute approximate surface area is 187 Å². The van der Waals surface area contributed by atoms with E-state index in [9.17, 15) is 4.79 Å². The molecular weight excluding hydrogens is 384 g/mol. The molecule has 1 amide bonds. The Kier molecular flexibility index (Phi) is 4.86. The summed E-state index contributed by atoms with van der Waals surface area (Å²) >= 11 is 0. The lowest BCUT2D eigenvalue weighted by Gasteiger charge is -2.54. The third-order valence-electron chi connectivity index (χ3n) is 9.54. The maximum absolute atomic E-state index is 12.4. The summed E-state index contributed by atoms with van der Waals surface area (Å²) < 4.78 is 6.17. The Morgan fingerprint density at radius 1 is 1.19 bits per heavy atom. The molecule has 2 aliphatic heterocycles. The van der Waals surface area contributed by atoms with Crippen molar-refractivity contribution in [2.45, 2.75) is 82.7 Å². The molecule has 2 heterocycles. The highest BCUT2D eigenvalue weighted by molar-refractivity contribution is 5.83.